The number of hydrogen-bond donors (Lipinski definition) is 2. The minimum absolute atomic E-state index is 0.100. The van der Waals surface area contributed by atoms with E-state index in [9.17, 15) is 8.42 Å². The largest absolute Gasteiger partial charge is 0.490 e. The minimum Gasteiger partial charge on any atom is -0.490 e. The molecule has 3 aromatic carbocycles. The Morgan fingerprint density at radius 3 is 2.34 bits per heavy atom. The number of nitrogens with one attached hydrogen (secondary N) is 2. The third-order valence-electron chi connectivity index (χ3n) is 5.38. The van der Waals surface area contributed by atoms with Crippen LogP contribution in [0.4, 0.5) is 11.4 Å². The second-order valence-corrected chi connectivity index (χ2v) is 9.70. The number of rotatable bonds is 7. The minimum atomic E-state index is -3.80. The lowest BCUT2D eigenvalue weighted by atomic mass is 10.2. The Balaban J connectivity index is 1.24. The van der Waals surface area contributed by atoms with Crippen molar-refractivity contribution in [3.63, 3.8) is 0 Å². The first-order valence-corrected chi connectivity index (χ1v) is 12.6. The van der Waals surface area contributed by atoms with Gasteiger partial charge in [-0.25, -0.2) is 8.42 Å². The second-order valence-electron chi connectivity index (χ2n) is 8.02. The monoisotopic (exact) mass is 492 g/mol. The number of sulfonamides is 1. The molecule has 0 unspecified atom stereocenters. The molecular formula is C25H24N4O5S. The predicted molar refractivity (Wildman–Crippen MR) is 131 cm³/mol. The van der Waals surface area contributed by atoms with Crippen molar-refractivity contribution in [2.75, 3.05) is 23.3 Å². The number of ether oxygens (including phenoxy) is 2. The molecule has 0 saturated carbocycles. The van der Waals surface area contributed by atoms with Gasteiger partial charge >= 0.3 is 0 Å². The zero-order valence-corrected chi connectivity index (χ0v) is 19.8. The van der Waals surface area contributed by atoms with Gasteiger partial charge in [-0.15, -0.1) is 10.2 Å². The summed E-state index contributed by atoms with van der Waals surface area (Å²) < 4.78 is 45.4. The highest BCUT2D eigenvalue weighted by Gasteiger charge is 2.19. The van der Waals surface area contributed by atoms with E-state index in [2.05, 4.69) is 20.2 Å². The molecule has 10 heteroatoms. The van der Waals surface area contributed by atoms with Crippen LogP contribution in [0, 0.1) is 0 Å². The summed E-state index contributed by atoms with van der Waals surface area (Å²) in [4.78, 5) is 0.100. The summed E-state index contributed by atoms with van der Waals surface area (Å²) >= 11 is 0. The molecule has 0 spiro atoms. The average Bonchev–Trinajstić information content (AvgIpc) is 3.25. The van der Waals surface area contributed by atoms with Crippen molar-refractivity contribution in [3.8, 4) is 23.0 Å². The van der Waals surface area contributed by atoms with Crippen LogP contribution in [-0.4, -0.2) is 31.8 Å². The van der Waals surface area contributed by atoms with E-state index in [1.54, 1.807) is 30.3 Å². The molecule has 1 aliphatic heterocycles. The molecule has 0 aliphatic carbocycles. The number of fused-ring (bicyclic) bond motifs is 1. The third kappa shape index (κ3) is 5.22. The van der Waals surface area contributed by atoms with Gasteiger partial charge in [0.2, 0.25) is 11.8 Å². The van der Waals surface area contributed by atoms with Crippen molar-refractivity contribution in [3.05, 3.63) is 78.7 Å². The SMILES string of the molecule is C[C@@H](Nc1ccc(NS(=O)(=O)c2ccc3c(c2)OCCCO3)cc1)c1nnc(-c2ccccc2)o1. The smallest absolute Gasteiger partial charge is 0.262 e. The first-order chi connectivity index (χ1) is 17.0. The molecule has 9 nitrogen and oxygen atoms in total. The molecule has 0 radical (unpaired) electrons. The van der Waals surface area contributed by atoms with E-state index < -0.39 is 10.0 Å². The molecule has 1 atom stereocenters. The molecule has 2 N–H and O–H groups in total. The van der Waals surface area contributed by atoms with Crippen molar-refractivity contribution in [1.82, 2.24) is 10.2 Å². The van der Waals surface area contributed by atoms with Gasteiger partial charge in [0.05, 0.1) is 18.1 Å². The summed E-state index contributed by atoms with van der Waals surface area (Å²) in [6, 6.07) is 20.8. The molecule has 0 fully saturated rings. The molecule has 0 bridgehead atoms. The van der Waals surface area contributed by atoms with Crippen LogP contribution in [-0.2, 0) is 10.0 Å². The van der Waals surface area contributed by atoms with Crippen molar-refractivity contribution in [1.29, 1.82) is 0 Å². The normalized spacial score (nSPS) is 14.1. The van der Waals surface area contributed by atoms with E-state index in [0.29, 0.717) is 42.2 Å². The van der Waals surface area contributed by atoms with Crippen LogP contribution in [0.1, 0.15) is 25.3 Å². The summed E-state index contributed by atoms with van der Waals surface area (Å²) in [6.07, 6.45) is 0.745. The number of anilines is 2. The van der Waals surface area contributed by atoms with Crippen molar-refractivity contribution in [2.45, 2.75) is 24.3 Å². The Hall–Kier alpha value is -4.05. The van der Waals surface area contributed by atoms with Crippen molar-refractivity contribution >= 4 is 21.4 Å². The molecule has 5 rings (SSSR count). The molecule has 180 valence electrons. The number of benzene rings is 3. The third-order valence-corrected chi connectivity index (χ3v) is 6.76. The molecule has 0 amide bonds. The van der Waals surface area contributed by atoms with Gasteiger partial charge < -0.3 is 19.2 Å². The van der Waals surface area contributed by atoms with E-state index in [4.69, 9.17) is 13.9 Å². The zero-order valence-electron chi connectivity index (χ0n) is 19.0. The van der Waals surface area contributed by atoms with Crippen LogP contribution in [0.5, 0.6) is 11.5 Å². The van der Waals surface area contributed by atoms with Gasteiger partial charge in [-0.1, -0.05) is 18.2 Å². The van der Waals surface area contributed by atoms with Gasteiger partial charge in [0.1, 0.15) is 6.04 Å². The highest BCUT2D eigenvalue weighted by Crippen LogP contribution is 2.32. The quantitative estimate of drug-likeness (QED) is 0.375. The van der Waals surface area contributed by atoms with Crippen molar-refractivity contribution < 1.29 is 22.3 Å². The molecule has 35 heavy (non-hydrogen) atoms. The molecule has 2 heterocycles. The molecular weight excluding hydrogens is 468 g/mol. The summed E-state index contributed by atoms with van der Waals surface area (Å²) in [5.74, 6) is 1.87. The van der Waals surface area contributed by atoms with E-state index in [0.717, 1.165) is 17.7 Å². The Kier molecular flexibility index (Phi) is 6.28. The van der Waals surface area contributed by atoms with Crippen molar-refractivity contribution in [2.24, 2.45) is 0 Å². The van der Waals surface area contributed by atoms with Gasteiger partial charge in [-0.2, -0.15) is 0 Å². The molecule has 0 saturated heterocycles. The van der Waals surface area contributed by atoms with Gasteiger partial charge in [0.15, 0.2) is 11.5 Å². The van der Waals surface area contributed by atoms with Crippen LogP contribution in [0.25, 0.3) is 11.5 Å². The maximum absolute atomic E-state index is 12.9. The van der Waals surface area contributed by atoms with Crippen LogP contribution >= 0.6 is 0 Å². The maximum Gasteiger partial charge on any atom is 0.262 e. The van der Waals surface area contributed by atoms with Crippen LogP contribution in [0.3, 0.4) is 0 Å². The van der Waals surface area contributed by atoms with Crippen LogP contribution in [0.15, 0.2) is 82.1 Å². The van der Waals surface area contributed by atoms with Crippen LogP contribution < -0.4 is 19.5 Å². The summed E-state index contributed by atoms with van der Waals surface area (Å²) in [7, 11) is -3.80. The molecule has 1 aliphatic rings. The Labute approximate surface area is 203 Å². The van der Waals surface area contributed by atoms with Gasteiger partial charge in [-0.05, 0) is 55.5 Å². The summed E-state index contributed by atoms with van der Waals surface area (Å²) in [5, 5.41) is 11.5. The highest BCUT2D eigenvalue weighted by atomic mass is 32.2. The lowest BCUT2D eigenvalue weighted by molar-refractivity contribution is 0.297. The highest BCUT2D eigenvalue weighted by molar-refractivity contribution is 7.92. The zero-order chi connectivity index (χ0) is 24.3. The van der Waals surface area contributed by atoms with Gasteiger partial charge in [0.25, 0.3) is 10.0 Å². The lowest BCUT2D eigenvalue weighted by Gasteiger charge is -2.13. The summed E-state index contributed by atoms with van der Waals surface area (Å²) in [6.45, 7) is 2.92. The maximum atomic E-state index is 12.9. The Morgan fingerprint density at radius 2 is 1.57 bits per heavy atom. The Bertz CT molecular complexity index is 1410. The van der Waals surface area contributed by atoms with Gasteiger partial charge in [0, 0.05) is 29.4 Å². The molecule has 4 aromatic rings. The fraction of sp³-hybridized carbons (Fsp3) is 0.200. The fourth-order valence-corrected chi connectivity index (χ4v) is 4.65. The standard InChI is InChI=1S/C25H24N4O5S/c1-17(24-27-28-25(34-24)18-6-3-2-4-7-18)26-19-8-10-20(11-9-19)29-35(30,31)21-12-13-22-23(16-21)33-15-5-14-32-22/h2-4,6-13,16-17,26,29H,5,14-15H2,1H3/t17-/m1/s1. The molecule has 1 aromatic heterocycles. The predicted octanol–water partition coefficient (Wildman–Crippen LogP) is 4.87. The number of hydrogen-bond acceptors (Lipinski definition) is 8. The number of nitrogens with zero attached hydrogens (tertiary/aromatic N) is 2. The first-order valence-electron chi connectivity index (χ1n) is 11.2. The van der Waals surface area contributed by atoms with Crippen LogP contribution in [0.2, 0.25) is 0 Å². The Morgan fingerprint density at radius 1 is 0.857 bits per heavy atom. The van der Waals surface area contributed by atoms with E-state index >= 15 is 0 Å². The lowest BCUT2D eigenvalue weighted by Crippen LogP contribution is -2.13. The van der Waals surface area contributed by atoms with E-state index in [-0.39, 0.29) is 10.9 Å². The second kappa shape index (κ2) is 9.67. The summed E-state index contributed by atoms with van der Waals surface area (Å²) in [5.41, 5.74) is 2.05. The van der Waals surface area contributed by atoms with E-state index in [1.807, 2.05) is 37.3 Å². The average molecular weight is 493 g/mol. The van der Waals surface area contributed by atoms with E-state index in [1.165, 1.54) is 12.1 Å². The van der Waals surface area contributed by atoms with Gasteiger partial charge in [-0.3, -0.25) is 4.72 Å². The number of aromatic nitrogens is 2. The fourth-order valence-electron chi connectivity index (χ4n) is 3.58. The first kappa shape index (κ1) is 22.7. The topological polar surface area (TPSA) is 116 Å².